The van der Waals surface area contributed by atoms with Crippen LogP contribution in [-0.4, -0.2) is 31.6 Å². The van der Waals surface area contributed by atoms with Crippen LogP contribution in [0.5, 0.6) is 5.75 Å². The number of thiazole rings is 1. The number of guanidine groups is 1. The topological polar surface area (TPSA) is 58.5 Å². The van der Waals surface area contributed by atoms with E-state index in [0.29, 0.717) is 17.5 Å². The van der Waals surface area contributed by atoms with Crippen LogP contribution < -0.4 is 15.4 Å². The lowest BCUT2D eigenvalue weighted by atomic mass is 10.1. The van der Waals surface area contributed by atoms with Gasteiger partial charge in [-0.3, -0.25) is 4.99 Å². The van der Waals surface area contributed by atoms with Gasteiger partial charge in [0.05, 0.1) is 13.7 Å². The number of aliphatic imine (C=N–C) groups is 1. The number of methoxy groups -OCH3 is 1. The Hall–Kier alpha value is -2.29. The van der Waals surface area contributed by atoms with Crippen LogP contribution >= 0.6 is 11.3 Å². The number of para-hydroxylation sites is 1. The SMILES string of the molecule is CN=C(NCCc1ccccc1OC)NCc1nc(C(F)(F)F)cs1. The third-order valence-corrected chi connectivity index (χ3v) is 4.20. The van der Waals surface area contributed by atoms with Crippen molar-refractivity contribution in [3.8, 4) is 5.75 Å². The molecule has 0 radical (unpaired) electrons. The van der Waals surface area contributed by atoms with Crippen LogP contribution in [0.15, 0.2) is 34.6 Å². The molecule has 0 aliphatic carbocycles. The average molecular weight is 372 g/mol. The molecule has 1 aromatic heterocycles. The Labute approximate surface area is 148 Å². The number of alkyl halides is 3. The Kier molecular flexibility index (Phi) is 6.63. The fraction of sp³-hybridized carbons (Fsp3) is 0.375. The van der Waals surface area contributed by atoms with Crippen molar-refractivity contribution in [2.45, 2.75) is 19.1 Å². The van der Waals surface area contributed by atoms with Crippen molar-refractivity contribution in [3.63, 3.8) is 0 Å². The predicted molar refractivity (Wildman–Crippen MR) is 92.0 cm³/mol. The number of benzene rings is 1. The lowest BCUT2D eigenvalue weighted by Gasteiger charge is -2.12. The monoisotopic (exact) mass is 372 g/mol. The summed E-state index contributed by atoms with van der Waals surface area (Å²) in [5, 5.41) is 7.42. The number of rotatable bonds is 6. The molecule has 5 nitrogen and oxygen atoms in total. The number of hydrogen-bond donors (Lipinski definition) is 2. The van der Waals surface area contributed by atoms with Gasteiger partial charge in [0.15, 0.2) is 11.7 Å². The van der Waals surface area contributed by atoms with Gasteiger partial charge in [-0.15, -0.1) is 11.3 Å². The van der Waals surface area contributed by atoms with E-state index in [9.17, 15) is 13.2 Å². The van der Waals surface area contributed by atoms with Crippen LogP contribution in [0.1, 0.15) is 16.3 Å². The molecule has 0 bridgehead atoms. The van der Waals surface area contributed by atoms with E-state index >= 15 is 0 Å². The van der Waals surface area contributed by atoms with Crippen LogP contribution in [0.25, 0.3) is 0 Å². The number of nitrogens with zero attached hydrogens (tertiary/aromatic N) is 2. The molecule has 2 rings (SSSR count). The Morgan fingerprint density at radius 1 is 1.28 bits per heavy atom. The number of hydrogen-bond acceptors (Lipinski definition) is 4. The molecule has 0 atom stereocenters. The quantitative estimate of drug-likeness (QED) is 0.604. The number of nitrogens with one attached hydrogen (secondary N) is 2. The molecule has 0 spiro atoms. The van der Waals surface area contributed by atoms with Crippen molar-refractivity contribution >= 4 is 17.3 Å². The van der Waals surface area contributed by atoms with Crippen molar-refractivity contribution in [2.24, 2.45) is 4.99 Å². The van der Waals surface area contributed by atoms with Crippen molar-refractivity contribution in [1.29, 1.82) is 0 Å². The Morgan fingerprint density at radius 2 is 2.04 bits per heavy atom. The van der Waals surface area contributed by atoms with Gasteiger partial charge in [-0.05, 0) is 18.1 Å². The number of halogens is 3. The summed E-state index contributed by atoms with van der Waals surface area (Å²) in [6, 6.07) is 7.71. The fourth-order valence-corrected chi connectivity index (χ4v) is 2.87. The highest BCUT2D eigenvalue weighted by atomic mass is 32.1. The van der Waals surface area contributed by atoms with E-state index in [4.69, 9.17) is 4.74 Å². The summed E-state index contributed by atoms with van der Waals surface area (Å²) < 4.78 is 42.9. The molecule has 0 saturated carbocycles. The van der Waals surface area contributed by atoms with Gasteiger partial charge >= 0.3 is 6.18 Å². The van der Waals surface area contributed by atoms with Gasteiger partial charge in [0, 0.05) is 19.0 Å². The standard InChI is InChI=1S/C16H19F3N4OS/c1-20-15(21-8-7-11-5-3-4-6-12(11)24-2)22-9-14-23-13(10-25-14)16(17,18)19/h3-6,10H,7-9H2,1-2H3,(H2,20,21,22). The van der Waals surface area contributed by atoms with Gasteiger partial charge in [0.1, 0.15) is 10.8 Å². The maximum Gasteiger partial charge on any atom is 0.434 e. The Balaban J connectivity index is 1.82. The minimum atomic E-state index is -4.41. The summed E-state index contributed by atoms with van der Waals surface area (Å²) in [6.45, 7) is 0.779. The zero-order chi connectivity index (χ0) is 18.3. The first kappa shape index (κ1) is 19.0. The minimum Gasteiger partial charge on any atom is -0.496 e. The lowest BCUT2D eigenvalue weighted by Crippen LogP contribution is -2.37. The molecule has 0 amide bonds. The van der Waals surface area contributed by atoms with Gasteiger partial charge in [-0.2, -0.15) is 13.2 Å². The summed E-state index contributed by atoms with van der Waals surface area (Å²) >= 11 is 0.962. The van der Waals surface area contributed by atoms with Crippen LogP contribution in [0.4, 0.5) is 13.2 Å². The molecule has 136 valence electrons. The van der Waals surface area contributed by atoms with E-state index in [-0.39, 0.29) is 6.54 Å². The molecule has 0 aliphatic rings. The van der Waals surface area contributed by atoms with Crippen molar-refractivity contribution in [1.82, 2.24) is 15.6 Å². The molecule has 0 unspecified atom stereocenters. The highest BCUT2D eigenvalue weighted by molar-refractivity contribution is 7.09. The predicted octanol–water partition coefficient (Wildman–Crippen LogP) is 3.08. The molecule has 0 fully saturated rings. The summed E-state index contributed by atoms with van der Waals surface area (Å²) in [6.07, 6.45) is -3.69. The summed E-state index contributed by atoms with van der Waals surface area (Å²) in [5.41, 5.74) is 0.191. The van der Waals surface area contributed by atoms with Crippen LogP contribution in [-0.2, 0) is 19.1 Å². The normalized spacial score (nSPS) is 12.1. The molecule has 2 aromatic rings. The fourth-order valence-electron chi connectivity index (χ4n) is 2.13. The van der Waals surface area contributed by atoms with Gasteiger partial charge in [-0.1, -0.05) is 18.2 Å². The summed E-state index contributed by atoms with van der Waals surface area (Å²) in [4.78, 5) is 7.62. The van der Waals surface area contributed by atoms with Crippen molar-refractivity contribution < 1.29 is 17.9 Å². The third-order valence-electron chi connectivity index (χ3n) is 3.35. The Bertz CT molecular complexity index is 715. The van der Waals surface area contributed by atoms with E-state index in [1.165, 1.54) is 0 Å². The summed E-state index contributed by atoms with van der Waals surface area (Å²) in [5.74, 6) is 1.31. The van der Waals surface area contributed by atoms with Gasteiger partial charge in [-0.25, -0.2) is 4.98 Å². The van der Waals surface area contributed by atoms with E-state index in [0.717, 1.165) is 34.5 Å². The van der Waals surface area contributed by atoms with E-state index in [1.807, 2.05) is 24.3 Å². The second-order valence-corrected chi connectivity index (χ2v) is 5.98. The smallest absolute Gasteiger partial charge is 0.434 e. The lowest BCUT2D eigenvalue weighted by molar-refractivity contribution is -0.140. The first-order valence-corrected chi connectivity index (χ1v) is 8.40. The van der Waals surface area contributed by atoms with Gasteiger partial charge in [0.25, 0.3) is 0 Å². The van der Waals surface area contributed by atoms with Crippen LogP contribution in [0.3, 0.4) is 0 Å². The number of ether oxygens (including phenoxy) is 1. The van der Waals surface area contributed by atoms with Gasteiger partial charge < -0.3 is 15.4 Å². The molecule has 25 heavy (non-hydrogen) atoms. The number of aromatic nitrogens is 1. The van der Waals surface area contributed by atoms with Crippen molar-refractivity contribution in [2.75, 3.05) is 20.7 Å². The van der Waals surface area contributed by atoms with Gasteiger partial charge in [0.2, 0.25) is 0 Å². The highest BCUT2D eigenvalue weighted by Crippen LogP contribution is 2.29. The van der Waals surface area contributed by atoms with Crippen molar-refractivity contribution in [3.05, 3.63) is 45.9 Å². The molecule has 1 heterocycles. The largest absolute Gasteiger partial charge is 0.496 e. The molecule has 0 saturated heterocycles. The zero-order valence-corrected chi connectivity index (χ0v) is 14.7. The average Bonchev–Trinajstić information content (AvgIpc) is 3.07. The summed E-state index contributed by atoms with van der Waals surface area (Å²) in [7, 11) is 3.22. The first-order valence-electron chi connectivity index (χ1n) is 7.52. The Morgan fingerprint density at radius 3 is 2.68 bits per heavy atom. The maximum atomic E-state index is 12.5. The van der Waals surface area contributed by atoms with Crippen LogP contribution in [0.2, 0.25) is 0 Å². The molecule has 9 heteroatoms. The maximum absolute atomic E-state index is 12.5. The molecule has 2 N–H and O–H groups in total. The van der Waals surface area contributed by atoms with Crippen LogP contribution in [0, 0.1) is 0 Å². The third kappa shape index (κ3) is 5.63. The molecule has 0 aliphatic heterocycles. The highest BCUT2D eigenvalue weighted by Gasteiger charge is 2.33. The molecule has 1 aromatic carbocycles. The molecular formula is C16H19F3N4OS. The first-order chi connectivity index (χ1) is 11.9. The minimum absolute atomic E-state index is 0.176. The van der Waals surface area contributed by atoms with E-state index < -0.39 is 11.9 Å². The second-order valence-electron chi connectivity index (χ2n) is 5.04. The zero-order valence-electron chi connectivity index (χ0n) is 13.9. The van der Waals surface area contributed by atoms with E-state index in [2.05, 4.69) is 20.6 Å². The second kappa shape index (κ2) is 8.70. The van der Waals surface area contributed by atoms with E-state index in [1.54, 1.807) is 14.2 Å². The molecular weight excluding hydrogens is 353 g/mol.